The normalized spacial score (nSPS) is 26.4. The molecule has 0 aromatic carbocycles. The second-order valence-electron chi connectivity index (χ2n) is 6.65. The Morgan fingerprint density at radius 2 is 2.16 bits per heavy atom. The molecule has 1 aliphatic heterocycles. The highest BCUT2D eigenvalue weighted by Gasteiger charge is 2.30. The van der Waals surface area contributed by atoms with Crippen molar-refractivity contribution in [3.8, 4) is 5.88 Å². The number of carbonyl (C=O) groups is 1. The fourth-order valence-corrected chi connectivity index (χ4v) is 4.74. The van der Waals surface area contributed by atoms with Gasteiger partial charge in [0.05, 0.1) is 12.0 Å². The van der Waals surface area contributed by atoms with Gasteiger partial charge < -0.3 is 20.5 Å². The standard InChI is InChI=1S/C17H22N4O3S/c1-19-9-2-4-10(5-3-9)24-16-14-11-6-12(15(18)22)23-7-13(11)25-17(14)21-8-20-16/h8-10,12,19H,2-7H2,1H3,(H2,18,22). The van der Waals surface area contributed by atoms with Crippen molar-refractivity contribution >= 4 is 27.5 Å². The molecule has 134 valence electrons. The number of nitrogens with one attached hydrogen (secondary N) is 1. The van der Waals surface area contributed by atoms with Gasteiger partial charge in [-0.3, -0.25) is 4.79 Å². The highest BCUT2D eigenvalue weighted by molar-refractivity contribution is 7.18. The van der Waals surface area contributed by atoms with E-state index in [2.05, 4.69) is 15.3 Å². The van der Waals surface area contributed by atoms with Crippen LogP contribution in [0.1, 0.15) is 36.1 Å². The van der Waals surface area contributed by atoms with Gasteiger partial charge in [0.1, 0.15) is 23.4 Å². The summed E-state index contributed by atoms with van der Waals surface area (Å²) in [5, 5.41) is 4.26. The van der Waals surface area contributed by atoms with Crippen molar-refractivity contribution < 1.29 is 14.3 Å². The van der Waals surface area contributed by atoms with Crippen LogP contribution in [0.25, 0.3) is 10.2 Å². The van der Waals surface area contributed by atoms with Gasteiger partial charge in [0.15, 0.2) is 0 Å². The topological polar surface area (TPSA) is 99.4 Å². The van der Waals surface area contributed by atoms with Crippen LogP contribution in [0, 0.1) is 0 Å². The maximum absolute atomic E-state index is 11.5. The largest absolute Gasteiger partial charge is 0.474 e. The van der Waals surface area contributed by atoms with E-state index in [1.165, 1.54) is 0 Å². The zero-order valence-electron chi connectivity index (χ0n) is 14.2. The Morgan fingerprint density at radius 3 is 2.88 bits per heavy atom. The lowest BCUT2D eigenvalue weighted by Gasteiger charge is -2.28. The number of ether oxygens (including phenoxy) is 2. The van der Waals surface area contributed by atoms with E-state index in [4.69, 9.17) is 15.2 Å². The van der Waals surface area contributed by atoms with E-state index in [9.17, 15) is 4.79 Å². The summed E-state index contributed by atoms with van der Waals surface area (Å²) in [5.74, 6) is 0.190. The fourth-order valence-electron chi connectivity index (χ4n) is 3.66. The van der Waals surface area contributed by atoms with Gasteiger partial charge in [-0.1, -0.05) is 0 Å². The van der Waals surface area contributed by atoms with Gasteiger partial charge in [-0.15, -0.1) is 11.3 Å². The lowest BCUT2D eigenvalue weighted by Crippen LogP contribution is -2.35. The molecule has 3 heterocycles. The molecule has 2 aliphatic rings. The van der Waals surface area contributed by atoms with Gasteiger partial charge in [0, 0.05) is 17.3 Å². The summed E-state index contributed by atoms with van der Waals surface area (Å²) in [5.41, 5.74) is 6.47. The van der Waals surface area contributed by atoms with Crippen LogP contribution in [0.2, 0.25) is 0 Å². The smallest absolute Gasteiger partial charge is 0.246 e. The zero-order chi connectivity index (χ0) is 17.4. The quantitative estimate of drug-likeness (QED) is 0.856. The predicted octanol–water partition coefficient (Wildman–Crippen LogP) is 1.53. The number of primary amides is 1. The summed E-state index contributed by atoms with van der Waals surface area (Å²) in [4.78, 5) is 22.2. The molecule has 4 rings (SSSR count). The van der Waals surface area contributed by atoms with Crippen molar-refractivity contribution in [2.75, 3.05) is 7.05 Å². The van der Waals surface area contributed by atoms with Gasteiger partial charge in [0.25, 0.3) is 0 Å². The van der Waals surface area contributed by atoms with Crippen LogP contribution in [0.3, 0.4) is 0 Å². The third-order valence-corrected chi connectivity index (χ3v) is 6.23. The molecule has 1 fully saturated rings. The summed E-state index contributed by atoms with van der Waals surface area (Å²) < 4.78 is 11.8. The maximum atomic E-state index is 11.5. The Labute approximate surface area is 149 Å². The van der Waals surface area contributed by atoms with Crippen LogP contribution in [0.15, 0.2) is 6.33 Å². The third-order valence-electron chi connectivity index (χ3n) is 5.12. The number of carbonyl (C=O) groups excluding carboxylic acids is 1. The Bertz CT molecular complexity index is 786. The minimum atomic E-state index is -0.593. The van der Waals surface area contributed by atoms with E-state index in [0.29, 0.717) is 24.9 Å². The van der Waals surface area contributed by atoms with Gasteiger partial charge in [-0.2, -0.15) is 0 Å². The fraction of sp³-hybridized carbons (Fsp3) is 0.588. The molecule has 0 saturated heterocycles. The SMILES string of the molecule is CNC1CCC(Oc2ncnc3sc4c(c23)CC(C(N)=O)OC4)CC1. The van der Waals surface area contributed by atoms with Crippen LogP contribution in [0.5, 0.6) is 5.88 Å². The first kappa shape index (κ1) is 16.7. The van der Waals surface area contributed by atoms with Gasteiger partial charge in [-0.05, 0) is 38.3 Å². The number of amides is 1. The summed E-state index contributed by atoms with van der Waals surface area (Å²) in [6, 6.07) is 0.577. The van der Waals surface area contributed by atoms with E-state index >= 15 is 0 Å². The molecular weight excluding hydrogens is 340 g/mol. The first-order valence-electron chi connectivity index (χ1n) is 8.65. The molecule has 25 heavy (non-hydrogen) atoms. The molecule has 1 unspecified atom stereocenters. The molecule has 7 nitrogen and oxygen atoms in total. The Morgan fingerprint density at radius 1 is 1.36 bits per heavy atom. The molecule has 0 bridgehead atoms. The van der Waals surface area contributed by atoms with Crippen molar-refractivity contribution in [2.45, 2.75) is 57.0 Å². The highest BCUT2D eigenvalue weighted by Crippen LogP contribution is 2.39. The summed E-state index contributed by atoms with van der Waals surface area (Å²) in [6.45, 7) is 0.386. The van der Waals surface area contributed by atoms with Gasteiger partial charge >= 0.3 is 0 Å². The molecule has 0 radical (unpaired) electrons. The summed E-state index contributed by atoms with van der Waals surface area (Å²) in [6.07, 6.45) is 5.82. The molecule has 2 aromatic rings. The summed E-state index contributed by atoms with van der Waals surface area (Å²) >= 11 is 1.58. The maximum Gasteiger partial charge on any atom is 0.246 e. The number of rotatable bonds is 4. The van der Waals surface area contributed by atoms with E-state index in [1.54, 1.807) is 17.7 Å². The Kier molecular flexibility index (Phi) is 4.58. The lowest BCUT2D eigenvalue weighted by atomic mass is 9.93. The minimum absolute atomic E-state index is 0.171. The van der Waals surface area contributed by atoms with Crippen LogP contribution >= 0.6 is 11.3 Å². The molecule has 0 spiro atoms. The number of thiophene rings is 1. The summed E-state index contributed by atoms with van der Waals surface area (Å²) in [7, 11) is 2.01. The number of hydrogen-bond acceptors (Lipinski definition) is 7. The Hall–Kier alpha value is -1.77. The van der Waals surface area contributed by atoms with Gasteiger partial charge in [0.2, 0.25) is 11.8 Å². The van der Waals surface area contributed by atoms with Gasteiger partial charge in [-0.25, -0.2) is 9.97 Å². The van der Waals surface area contributed by atoms with E-state index in [1.807, 2.05) is 7.05 Å². The average Bonchev–Trinajstić information content (AvgIpc) is 3.01. The predicted molar refractivity (Wildman–Crippen MR) is 94.6 cm³/mol. The second kappa shape index (κ2) is 6.86. The lowest BCUT2D eigenvalue weighted by molar-refractivity contribution is -0.130. The number of aromatic nitrogens is 2. The van der Waals surface area contributed by atoms with Crippen molar-refractivity contribution in [1.29, 1.82) is 0 Å². The van der Waals surface area contributed by atoms with E-state index in [0.717, 1.165) is 46.3 Å². The highest BCUT2D eigenvalue weighted by atomic mass is 32.1. The molecule has 1 atom stereocenters. The van der Waals surface area contributed by atoms with E-state index < -0.39 is 12.0 Å². The number of nitrogens with two attached hydrogens (primary N) is 1. The first-order valence-corrected chi connectivity index (χ1v) is 9.47. The van der Waals surface area contributed by atoms with Crippen molar-refractivity contribution in [3.05, 3.63) is 16.8 Å². The Balaban J connectivity index is 1.62. The van der Waals surface area contributed by atoms with Crippen molar-refractivity contribution in [3.63, 3.8) is 0 Å². The first-order chi connectivity index (χ1) is 12.2. The van der Waals surface area contributed by atoms with Crippen molar-refractivity contribution in [2.24, 2.45) is 5.73 Å². The molecule has 1 saturated carbocycles. The molecule has 3 N–H and O–H groups in total. The zero-order valence-corrected chi connectivity index (χ0v) is 15.0. The average molecular weight is 362 g/mol. The monoisotopic (exact) mass is 362 g/mol. The third kappa shape index (κ3) is 3.21. The molecule has 1 amide bonds. The molecule has 1 aliphatic carbocycles. The number of hydrogen-bond donors (Lipinski definition) is 2. The van der Waals surface area contributed by atoms with Crippen LogP contribution in [-0.4, -0.2) is 41.2 Å². The number of fused-ring (bicyclic) bond motifs is 3. The van der Waals surface area contributed by atoms with Crippen LogP contribution < -0.4 is 15.8 Å². The molecule has 2 aromatic heterocycles. The van der Waals surface area contributed by atoms with Crippen LogP contribution in [0.4, 0.5) is 0 Å². The van der Waals surface area contributed by atoms with Crippen LogP contribution in [-0.2, 0) is 22.6 Å². The minimum Gasteiger partial charge on any atom is -0.474 e. The second-order valence-corrected chi connectivity index (χ2v) is 7.73. The molecule has 8 heteroatoms. The van der Waals surface area contributed by atoms with Crippen molar-refractivity contribution in [1.82, 2.24) is 15.3 Å². The number of nitrogens with zero attached hydrogens (tertiary/aromatic N) is 2. The van der Waals surface area contributed by atoms with E-state index in [-0.39, 0.29) is 6.10 Å². The molecular formula is C17H22N4O3S.